The first-order valence-electron chi connectivity index (χ1n) is 27.1. The summed E-state index contributed by atoms with van der Waals surface area (Å²) in [6.45, 7) is 4.89. The minimum Gasteiger partial charge on any atom is -0.466 e. The summed E-state index contributed by atoms with van der Waals surface area (Å²) in [5.74, 6) is -0.0742. The molecule has 360 valence electrons. The lowest BCUT2D eigenvalue weighted by Gasteiger charge is -2.22. The van der Waals surface area contributed by atoms with E-state index in [9.17, 15) is 19.8 Å². The van der Waals surface area contributed by atoms with Gasteiger partial charge in [0.05, 0.1) is 25.4 Å². The molecule has 0 bridgehead atoms. The summed E-state index contributed by atoms with van der Waals surface area (Å²) in [6.07, 6.45) is 60.0. The van der Waals surface area contributed by atoms with Crippen molar-refractivity contribution in [3.63, 3.8) is 0 Å². The molecule has 0 aliphatic heterocycles. The fraction of sp³-hybridized carbons (Fsp3) is 0.891. The lowest BCUT2D eigenvalue weighted by molar-refractivity contribution is -0.143. The molecule has 6 heteroatoms. The molecular formula is C55H105NO5. The van der Waals surface area contributed by atoms with Crippen LogP contribution in [0, 0.1) is 0 Å². The number of carbonyl (C=O) groups excluding carboxylic acids is 2. The fourth-order valence-electron chi connectivity index (χ4n) is 8.32. The van der Waals surface area contributed by atoms with Crippen molar-refractivity contribution in [2.24, 2.45) is 0 Å². The summed E-state index contributed by atoms with van der Waals surface area (Å²) in [7, 11) is 0. The molecule has 0 aliphatic carbocycles. The Balaban J connectivity index is 3.47. The lowest BCUT2D eigenvalue weighted by atomic mass is 10.0. The lowest BCUT2D eigenvalue weighted by Crippen LogP contribution is -2.45. The third kappa shape index (κ3) is 47.7. The van der Waals surface area contributed by atoms with E-state index < -0.39 is 12.1 Å². The van der Waals surface area contributed by atoms with Crippen LogP contribution < -0.4 is 5.32 Å². The molecule has 6 nitrogen and oxygen atoms in total. The molecule has 0 saturated carbocycles. The van der Waals surface area contributed by atoms with Gasteiger partial charge in [-0.2, -0.15) is 0 Å². The number of esters is 1. The zero-order valence-electron chi connectivity index (χ0n) is 40.9. The van der Waals surface area contributed by atoms with Crippen molar-refractivity contribution in [2.45, 2.75) is 302 Å². The third-order valence-electron chi connectivity index (χ3n) is 12.5. The Morgan fingerprint density at radius 2 is 0.820 bits per heavy atom. The highest BCUT2D eigenvalue weighted by molar-refractivity contribution is 5.76. The van der Waals surface area contributed by atoms with Gasteiger partial charge in [-0.05, 0) is 57.8 Å². The summed E-state index contributed by atoms with van der Waals surface area (Å²) >= 11 is 0. The number of ether oxygens (including phenoxy) is 1. The Kier molecular flexibility index (Phi) is 49.6. The van der Waals surface area contributed by atoms with Crippen LogP contribution in [0.3, 0.4) is 0 Å². The second-order valence-electron chi connectivity index (χ2n) is 18.6. The van der Waals surface area contributed by atoms with Gasteiger partial charge in [-0.1, -0.05) is 244 Å². The quantitative estimate of drug-likeness (QED) is 0.0322. The van der Waals surface area contributed by atoms with Gasteiger partial charge in [0.15, 0.2) is 0 Å². The molecule has 0 saturated heterocycles. The number of unbranched alkanes of at least 4 members (excludes halogenated alkanes) is 35. The predicted molar refractivity (Wildman–Crippen MR) is 264 cm³/mol. The highest BCUT2D eigenvalue weighted by Crippen LogP contribution is 2.17. The smallest absolute Gasteiger partial charge is 0.305 e. The molecule has 2 unspecified atom stereocenters. The van der Waals surface area contributed by atoms with Gasteiger partial charge in [0.25, 0.3) is 0 Å². The summed E-state index contributed by atoms with van der Waals surface area (Å²) < 4.78 is 5.46. The van der Waals surface area contributed by atoms with Crippen LogP contribution in [0.15, 0.2) is 24.3 Å². The molecule has 0 radical (unpaired) electrons. The van der Waals surface area contributed by atoms with E-state index in [0.717, 1.165) is 64.2 Å². The molecule has 0 aromatic heterocycles. The zero-order valence-corrected chi connectivity index (χ0v) is 40.9. The summed E-state index contributed by atoms with van der Waals surface area (Å²) in [4.78, 5) is 24.5. The zero-order chi connectivity index (χ0) is 44.4. The Bertz CT molecular complexity index is 951. The van der Waals surface area contributed by atoms with Gasteiger partial charge in [-0.15, -0.1) is 0 Å². The Labute approximate surface area is 380 Å². The summed E-state index contributed by atoms with van der Waals surface area (Å²) in [5, 5.41) is 23.2. The van der Waals surface area contributed by atoms with Gasteiger partial charge in [0, 0.05) is 12.8 Å². The topological polar surface area (TPSA) is 95.9 Å². The Morgan fingerprint density at radius 3 is 1.28 bits per heavy atom. The largest absolute Gasteiger partial charge is 0.466 e. The van der Waals surface area contributed by atoms with Crippen LogP contribution in [-0.4, -0.2) is 47.4 Å². The second-order valence-corrected chi connectivity index (χ2v) is 18.6. The first-order chi connectivity index (χ1) is 30.0. The maximum atomic E-state index is 12.5. The summed E-state index contributed by atoms with van der Waals surface area (Å²) in [6, 6.07) is -0.556. The van der Waals surface area contributed by atoms with Gasteiger partial charge < -0.3 is 20.3 Å². The van der Waals surface area contributed by atoms with Crippen molar-refractivity contribution < 1.29 is 24.5 Å². The van der Waals surface area contributed by atoms with Crippen LogP contribution in [0.1, 0.15) is 290 Å². The molecule has 2 atom stereocenters. The van der Waals surface area contributed by atoms with Crippen LogP contribution in [0.25, 0.3) is 0 Å². The van der Waals surface area contributed by atoms with Crippen LogP contribution in [0.5, 0.6) is 0 Å². The molecule has 0 aliphatic rings. The van der Waals surface area contributed by atoms with Crippen molar-refractivity contribution in [3.8, 4) is 0 Å². The summed E-state index contributed by atoms with van der Waals surface area (Å²) in [5.41, 5.74) is 0. The van der Waals surface area contributed by atoms with Crippen molar-refractivity contribution in [3.05, 3.63) is 24.3 Å². The molecule has 0 rings (SSSR count). The first-order valence-corrected chi connectivity index (χ1v) is 27.1. The minimum absolute atomic E-state index is 0.0210. The minimum atomic E-state index is -0.677. The molecule has 61 heavy (non-hydrogen) atoms. The van der Waals surface area contributed by atoms with E-state index in [2.05, 4.69) is 43.5 Å². The van der Waals surface area contributed by atoms with Crippen LogP contribution in [-0.2, 0) is 14.3 Å². The van der Waals surface area contributed by atoms with E-state index >= 15 is 0 Å². The van der Waals surface area contributed by atoms with Crippen LogP contribution >= 0.6 is 0 Å². The second kappa shape index (κ2) is 51.0. The van der Waals surface area contributed by atoms with Crippen molar-refractivity contribution in [1.29, 1.82) is 0 Å². The van der Waals surface area contributed by atoms with E-state index in [1.54, 1.807) is 0 Å². The molecular weight excluding hydrogens is 755 g/mol. The molecule has 0 aromatic rings. The average Bonchev–Trinajstić information content (AvgIpc) is 3.26. The number of amides is 1. The van der Waals surface area contributed by atoms with Gasteiger partial charge in [-0.3, -0.25) is 9.59 Å². The number of nitrogens with one attached hydrogen (secondary N) is 1. The Morgan fingerprint density at radius 1 is 0.459 bits per heavy atom. The number of hydrogen-bond donors (Lipinski definition) is 3. The normalized spacial score (nSPS) is 12.8. The van der Waals surface area contributed by atoms with Crippen LogP contribution in [0.2, 0.25) is 0 Å². The number of aliphatic hydroxyl groups excluding tert-OH is 2. The van der Waals surface area contributed by atoms with E-state index in [0.29, 0.717) is 25.9 Å². The van der Waals surface area contributed by atoms with Gasteiger partial charge in [-0.25, -0.2) is 0 Å². The molecule has 0 spiro atoms. The fourth-order valence-corrected chi connectivity index (χ4v) is 8.32. The SMILES string of the molecule is CCCCC/C=C\C/C=C\CCCCCCCCCC(=O)OCCCCCCCCCCCCCC(=O)NC(CO)C(O)CCCCCCCCCCCCCCCCCC. The Hall–Kier alpha value is -1.66. The maximum Gasteiger partial charge on any atom is 0.305 e. The highest BCUT2D eigenvalue weighted by Gasteiger charge is 2.20. The first kappa shape index (κ1) is 59.3. The van der Waals surface area contributed by atoms with Gasteiger partial charge in [0.1, 0.15) is 0 Å². The number of hydrogen-bond acceptors (Lipinski definition) is 5. The number of rotatable bonds is 50. The van der Waals surface area contributed by atoms with Crippen molar-refractivity contribution in [2.75, 3.05) is 13.2 Å². The molecule has 3 N–H and O–H groups in total. The monoisotopic (exact) mass is 860 g/mol. The maximum absolute atomic E-state index is 12.5. The third-order valence-corrected chi connectivity index (χ3v) is 12.5. The molecule has 1 amide bonds. The van der Waals surface area contributed by atoms with E-state index in [4.69, 9.17) is 4.74 Å². The van der Waals surface area contributed by atoms with Crippen molar-refractivity contribution in [1.82, 2.24) is 5.32 Å². The standard InChI is InChI=1S/C55H105NO5/c1-3-5-7-9-11-13-15-17-19-21-23-25-29-33-37-41-45-49-55(60)61-50-46-42-38-34-30-26-28-32-36-40-44-48-54(59)56-52(51-57)53(58)47-43-39-35-31-27-24-22-20-18-16-14-12-10-8-6-4-2/h11,13,17,19,52-53,57-58H,3-10,12,14-16,18,20-51H2,1-2H3,(H,56,59)/b13-11-,19-17-. The van der Waals surface area contributed by atoms with Crippen LogP contribution in [0.4, 0.5) is 0 Å². The highest BCUT2D eigenvalue weighted by atomic mass is 16.5. The van der Waals surface area contributed by atoms with Crippen molar-refractivity contribution >= 4 is 11.9 Å². The van der Waals surface area contributed by atoms with E-state index in [1.165, 1.54) is 193 Å². The van der Waals surface area contributed by atoms with Gasteiger partial charge in [0.2, 0.25) is 5.91 Å². The number of aliphatic hydroxyl groups is 2. The predicted octanol–water partition coefficient (Wildman–Crippen LogP) is 16.3. The van der Waals surface area contributed by atoms with E-state index in [1.807, 2.05) is 0 Å². The molecule has 0 heterocycles. The number of carbonyl (C=O) groups is 2. The van der Waals surface area contributed by atoms with Gasteiger partial charge >= 0.3 is 5.97 Å². The number of allylic oxidation sites excluding steroid dienone is 4. The molecule has 0 fully saturated rings. The molecule has 0 aromatic carbocycles. The average molecular weight is 860 g/mol. The van der Waals surface area contributed by atoms with E-state index in [-0.39, 0.29) is 18.5 Å².